The van der Waals surface area contributed by atoms with E-state index in [1.165, 1.54) is 11.3 Å². The molecule has 126 valence electrons. The average Bonchev–Trinajstić information content (AvgIpc) is 3.23. The third kappa shape index (κ3) is 2.89. The molecule has 0 amide bonds. The largest absolute Gasteiger partial charge is 0.497 e. The number of nitrogens with zero attached hydrogens (tertiary/aromatic N) is 4. The van der Waals surface area contributed by atoms with E-state index in [1.54, 1.807) is 11.6 Å². The molecular formula is C15H16N4O3S2. The van der Waals surface area contributed by atoms with Gasteiger partial charge in [-0.2, -0.15) is 9.61 Å². The molecule has 4 rings (SSSR count). The van der Waals surface area contributed by atoms with E-state index in [0.29, 0.717) is 17.8 Å². The molecule has 1 aliphatic rings. The summed E-state index contributed by atoms with van der Waals surface area (Å²) in [5, 5.41) is 13.8. The van der Waals surface area contributed by atoms with E-state index in [2.05, 4.69) is 15.3 Å². The number of hydrogen-bond acceptors (Lipinski definition) is 7. The van der Waals surface area contributed by atoms with E-state index in [1.807, 2.05) is 24.3 Å². The molecule has 9 heteroatoms. The molecule has 0 saturated carbocycles. The monoisotopic (exact) mass is 364 g/mol. The van der Waals surface area contributed by atoms with Gasteiger partial charge >= 0.3 is 0 Å². The molecule has 1 aliphatic heterocycles. The number of sulfone groups is 1. The van der Waals surface area contributed by atoms with Gasteiger partial charge in [-0.05, 0) is 24.1 Å². The Morgan fingerprint density at radius 3 is 2.75 bits per heavy atom. The van der Waals surface area contributed by atoms with Gasteiger partial charge in [0.05, 0.1) is 18.6 Å². The molecule has 1 atom stereocenters. The number of fused-ring (bicyclic) bond motifs is 1. The van der Waals surface area contributed by atoms with E-state index in [4.69, 9.17) is 4.74 Å². The zero-order chi connectivity index (χ0) is 16.7. The van der Waals surface area contributed by atoms with Crippen molar-refractivity contribution in [2.45, 2.75) is 18.8 Å². The Bertz CT molecular complexity index is 976. The van der Waals surface area contributed by atoms with Crippen molar-refractivity contribution < 1.29 is 13.2 Å². The first-order valence-electron chi connectivity index (χ1n) is 7.58. The van der Waals surface area contributed by atoms with E-state index < -0.39 is 9.84 Å². The lowest BCUT2D eigenvalue weighted by atomic mass is 10.1. The molecule has 7 nitrogen and oxygen atoms in total. The number of ether oxygens (including phenoxy) is 1. The highest BCUT2D eigenvalue weighted by atomic mass is 32.2. The third-order valence-electron chi connectivity index (χ3n) is 4.17. The molecule has 1 fully saturated rings. The van der Waals surface area contributed by atoms with Gasteiger partial charge in [-0.3, -0.25) is 0 Å². The Kier molecular flexibility index (Phi) is 3.76. The van der Waals surface area contributed by atoms with Crippen LogP contribution in [-0.4, -0.2) is 46.8 Å². The zero-order valence-corrected chi connectivity index (χ0v) is 14.7. The molecule has 0 bridgehead atoms. The van der Waals surface area contributed by atoms with Gasteiger partial charge in [-0.15, -0.1) is 10.2 Å². The van der Waals surface area contributed by atoms with Gasteiger partial charge < -0.3 is 4.74 Å². The number of aromatic nitrogens is 4. The van der Waals surface area contributed by atoms with Crippen molar-refractivity contribution in [2.24, 2.45) is 0 Å². The van der Waals surface area contributed by atoms with Crippen LogP contribution in [0.25, 0.3) is 4.96 Å². The summed E-state index contributed by atoms with van der Waals surface area (Å²) in [4.78, 5) is 0.706. The van der Waals surface area contributed by atoms with Crippen LogP contribution in [0.2, 0.25) is 0 Å². The second-order valence-corrected chi connectivity index (χ2v) is 9.09. The number of hydrogen-bond donors (Lipinski definition) is 0. The van der Waals surface area contributed by atoms with Crippen molar-refractivity contribution in [1.82, 2.24) is 19.8 Å². The Balaban J connectivity index is 1.60. The lowest BCUT2D eigenvalue weighted by Crippen LogP contribution is -2.05. The van der Waals surface area contributed by atoms with Crippen LogP contribution >= 0.6 is 11.3 Å². The van der Waals surface area contributed by atoms with Crippen LogP contribution in [0, 0.1) is 0 Å². The summed E-state index contributed by atoms with van der Waals surface area (Å²) in [5.74, 6) is 1.97. The summed E-state index contributed by atoms with van der Waals surface area (Å²) in [7, 11) is -1.28. The fraction of sp³-hybridized carbons (Fsp3) is 0.400. The Morgan fingerprint density at radius 2 is 2.08 bits per heavy atom. The fourth-order valence-corrected chi connectivity index (χ4v) is 5.71. The molecule has 0 radical (unpaired) electrons. The molecule has 0 spiro atoms. The standard InChI is InChI=1S/C15H16N4O3S2/c1-22-12-4-2-10(3-5-12)8-13-16-17-15-19(13)18-14(23-15)11-6-7-24(20,21)9-11/h2-5,11H,6-9H2,1H3/t11-/m1/s1. The second kappa shape index (κ2) is 5.82. The van der Waals surface area contributed by atoms with Gasteiger partial charge in [-0.25, -0.2) is 8.42 Å². The van der Waals surface area contributed by atoms with Crippen LogP contribution in [0.1, 0.15) is 28.7 Å². The lowest BCUT2D eigenvalue weighted by molar-refractivity contribution is 0.414. The smallest absolute Gasteiger partial charge is 0.234 e. The van der Waals surface area contributed by atoms with Crippen molar-refractivity contribution in [1.29, 1.82) is 0 Å². The van der Waals surface area contributed by atoms with Crippen molar-refractivity contribution in [3.63, 3.8) is 0 Å². The maximum atomic E-state index is 11.7. The molecule has 0 unspecified atom stereocenters. The van der Waals surface area contributed by atoms with Crippen molar-refractivity contribution in [3.05, 3.63) is 40.7 Å². The topological polar surface area (TPSA) is 86.5 Å². The number of rotatable bonds is 4. The Labute approximate surface area is 143 Å². The normalized spacial score (nSPS) is 19.8. The van der Waals surface area contributed by atoms with Crippen LogP contribution in [-0.2, 0) is 16.3 Å². The summed E-state index contributed by atoms with van der Waals surface area (Å²) < 4.78 is 30.2. The predicted molar refractivity (Wildman–Crippen MR) is 90.5 cm³/mol. The summed E-state index contributed by atoms with van der Waals surface area (Å²) in [5.41, 5.74) is 1.09. The van der Waals surface area contributed by atoms with E-state index in [9.17, 15) is 8.42 Å². The van der Waals surface area contributed by atoms with Gasteiger partial charge in [0.1, 0.15) is 10.8 Å². The minimum absolute atomic E-state index is 0.0180. The summed E-state index contributed by atoms with van der Waals surface area (Å²) in [6, 6.07) is 7.78. The van der Waals surface area contributed by atoms with Gasteiger partial charge in [0.15, 0.2) is 15.7 Å². The summed E-state index contributed by atoms with van der Waals surface area (Å²) >= 11 is 1.43. The maximum absolute atomic E-state index is 11.7. The summed E-state index contributed by atoms with van der Waals surface area (Å²) in [6.45, 7) is 0. The molecule has 0 aliphatic carbocycles. The molecule has 1 saturated heterocycles. The minimum atomic E-state index is -2.92. The fourth-order valence-electron chi connectivity index (χ4n) is 2.86. The predicted octanol–water partition coefficient (Wildman–Crippen LogP) is 1.69. The SMILES string of the molecule is COc1ccc(Cc2nnc3sc([C@@H]4CCS(=O)(=O)C4)nn23)cc1. The minimum Gasteiger partial charge on any atom is -0.497 e. The van der Waals surface area contributed by atoms with Crippen LogP contribution in [0.15, 0.2) is 24.3 Å². The molecule has 3 heterocycles. The van der Waals surface area contributed by atoms with Crippen molar-refractivity contribution in [2.75, 3.05) is 18.6 Å². The molecule has 24 heavy (non-hydrogen) atoms. The molecule has 1 aromatic carbocycles. The lowest BCUT2D eigenvalue weighted by Gasteiger charge is -2.02. The van der Waals surface area contributed by atoms with Crippen LogP contribution < -0.4 is 4.74 Å². The molecular weight excluding hydrogens is 348 g/mol. The van der Waals surface area contributed by atoms with Gasteiger partial charge in [0, 0.05) is 12.3 Å². The first-order chi connectivity index (χ1) is 11.5. The quantitative estimate of drug-likeness (QED) is 0.700. The first-order valence-corrected chi connectivity index (χ1v) is 10.2. The molecule has 0 N–H and O–H groups in total. The van der Waals surface area contributed by atoms with E-state index >= 15 is 0 Å². The highest BCUT2D eigenvalue weighted by molar-refractivity contribution is 7.91. The number of benzene rings is 1. The Morgan fingerprint density at radius 1 is 1.29 bits per heavy atom. The highest BCUT2D eigenvalue weighted by Crippen LogP contribution is 2.31. The van der Waals surface area contributed by atoms with Gasteiger partial charge in [0.25, 0.3) is 0 Å². The molecule has 2 aromatic heterocycles. The second-order valence-electron chi connectivity index (χ2n) is 5.88. The van der Waals surface area contributed by atoms with Gasteiger partial charge in [0.2, 0.25) is 4.96 Å². The van der Waals surface area contributed by atoms with Crippen LogP contribution in [0.5, 0.6) is 5.75 Å². The zero-order valence-electron chi connectivity index (χ0n) is 13.0. The Hall–Kier alpha value is -2.00. The van der Waals surface area contributed by atoms with E-state index in [-0.39, 0.29) is 17.4 Å². The summed E-state index contributed by atoms with van der Waals surface area (Å²) in [6.07, 6.45) is 1.25. The highest BCUT2D eigenvalue weighted by Gasteiger charge is 2.32. The third-order valence-corrected chi connectivity index (χ3v) is 7.00. The van der Waals surface area contributed by atoms with E-state index in [0.717, 1.165) is 22.1 Å². The van der Waals surface area contributed by atoms with Gasteiger partial charge in [-0.1, -0.05) is 23.5 Å². The maximum Gasteiger partial charge on any atom is 0.234 e. The average molecular weight is 364 g/mol. The van der Waals surface area contributed by atoms with Crippen molar-refractivity contribution in [3.8, 4) is 5.75 Å². The molecule has 3 aromatic rings. The number of methoxy groups -OCH3 is 1. The van der Waals surface area contributed by atoms with Crippen LogP contribution in [0.3, 0.4) is 0 Å². The first kappa shape index (κ1) is 15.5. The van der Waals surface area contributed by atoms with Crippen LogP contribution in [0.4, 0.5) is 0 Å². The van der Waals surface area contributed by atoms with Crippen molar-refractivity contribution >= 4 is 26.1 Å².